The van der Waals surface area contributed by atoms with Crippen molar-refractivity contribution in [3.8, 4) is 0 Å². The van der Waals surface area contributed by atoms with E-state index in [0.717, 1.165) is 109 Å². The lowest BCUT2D eigenvalue weighted by Crippen LogP contribution is -2.30. The van der Waals surface area contributed by atoms with Crippen LogP contribution in [0.15, 0.2) is 158 Å². The first-order valence-corrected chi connectivity index (χ1v) is 26.0. The highest BCUT2D eigenvalue weighted by atomic mass is 16.6. The molecule has 0 saturated heterocycles. The van der Waals surface area contributed by atoms with Crippen LogP contribution in [-0.4, -0.2) is 37.2 Å². The molecule has 6 nitrogen and oxygen atoms in total. The minimum absolute atomic E-state index is 0.138. The summed E-state index contributed by atoms with van der Waals surface area (Å²) < 4.78 is 16.7. The van der Waals surface area contributed by atoms with Crippen LogP contribution < -0.4 is 0 Å². The van der Waals surface area contributed by atoms with E-state index in [1.165, 1.54) is 25.7 Å². The summed E-state index contributed by atoms with van der Waals surface area (Å²) in [6.07, 6.45) is 78.0. The molecule has 0 aliphatic heterocycles. The molecule has 1 atom stereocenters. The van der Waals surface area contributed by atoms with Crippen molar-refractivity contribution in [3.05, 3.63) is 158 Å². The van der Waals surface area contributed by atoms with Crippen molar-refractivity contribution in [2.45, 2.75) is 194 Å². The summed E-state index contributed by atoms with van der Waals surface area (Å²) in [5.74, 6) is -1.08. The Balaban J connectivity index is 4.62. The summed E-state index contributed by atoms with van der Waals surface area (Å²) in [4.78, 5) is 38.0. The van der Waals surface area contributed by atoms with E-state index in [4.69, 9.17) is 14.2 Å². The molecule has 0 heterocycles. The summed E-state index contributed by atoms with van der Waals surface area (Å²) in [5.41, 5.74) is 0. The fourth-order valence-electron chi connectivity index (χ4n) is 6.23. The fourth-order valence-corrected chi connectivity index (χ4v) is 6.23. The number of rotatable bonds is 44. The third kappa shape index (κ3) is 51.9. The quantitative estimate of drug-likeness (QED) is 0.0199. The third-order valence-electron chi connectivity index (χ3n) is 10.1. The van der Waals surface area contributed by atoms with Gasteiger partial charge in [0.25, 0.3) is 0 Å². The van der Waals surface area contributed by atoms with Crippen LogP contribution in [0.3, 0.4) is 0 Å². The highest BCUT2D eigenvalue weighted by Crippen LogP contribution is 2.10. The molecular weight excluding hydrogens is 829 g/mol. The van der Waals surface area contributed by atoms with Gasteiger partial charge < -0.3 is 14.2 Å². The van der Waals surface area contributed by atoms with Crippen molar-refractivity contribution in [3.63, 3.8) is 0 Å². The molecule has 0 spiro atoms. The van der Waals surface area contributed by atoms with Crippen LogP contribution in [0.4, 0.5) is 0 Å². The molecule has 0 bridgehead atoms. The van der Waals surface area contributed by atoms with Gasteiger partial charge in [-0.3, -0.25) is 14.4 Å². The van der Waals surface area contributed by atoms with Crippen LogP contribution in [0.2, 0.25) is 0 Å². The first-order valence-electron chi connectivity index (χ1n) is 26.0. The number of esters is 3. The summed E-state index contributed by atoms with van der Waals surface area (Å²) >= 11 is 0. The maximum absolute atomic E-state index is 12.8. The molecule has 0 rings (SSSR count). The molecule has 0 aliphatic rings. The molecule has 0 N–H and O–H groups in total. The summed E-state index contributed by atoms with van der Waals surface area (Å²) in [7, 11) is 0. The Morgan fingerprint density at radius 1 is 0.328 bits per heavy atom. The molecule has 0 aromatic carbocycles. The highest BCUT2D eigenvalue weighted by Gasteiger charge is 2.19. The number of unbranched alkanes of at least 4 members (excludes halogenated alkanes) is 10. The summed E-state index contributed by atoms with van der Waals surface area (Å²) in [6.45, 7) is 6.21. The van der Waals surface area contributed by atoms with Crippen LogP contribution >= 0.6 is 0 Å². The van der Waals surface area contributed by atoms with Crippen molar-refractivity contribution in [2.24, 2.45) is 0 Å². The van der Waals surface area contributed by atoms with Gasteiger partial charge >= 0.3 is 17.9 Å². The standard InChI is InChI=1S/C61H92O6/c1-4-7-10-13-16-19-22-25-27-29-30-32-33-36-39-42-45-48-51-54-60(63)66-57-58(56-65-59(62)53-50-47-44-41-38-35-24-21-18-15-12-9-6-3)67-61(64)55-52-49-46-43-40-37-34-31-28-26-23-20-17-14-11-8-5-2/h7,9-10,12,15-21,24-28,30,32,34-39,43,46,58H,4-6,8,11,13-14,22-23,29,31,33,40-42,44-45,47-57H2,1-3H3/b10-7-,12-9-,18-15-,19-16-,20-17-,24-21-,27-25-,28-26-,32-30-,37-34-,38-35-,39-36-,46-43-. The van der Waals surface area contributed by atoms with Gasteiger partial charge in [0.05, 0.1) is 0 Å². The van der Waals surface area contributed by atoms with E-state index in [9.17, 15) is 14.4 Å². The highest BCUT2D eigenvalue weighted by molar-refractivity contribution is 5.71. The molecule has 0 saturated carbocycles. The molecule has 67 heavy (non-hydrogen) atoms. The summed E-state index contributed by atoms with van der Waals surface area (Å²) in [6, 6.07) is 0. The van der Waals surface area contributed by atoms with Crippen molar-refractivity contribution >= 4 is 17.9 Å². The van der Waals surface area contributed by atoms with Crippen molar-refractivity contribution in [1.82, 2.24) is 0 Å². The molecule has 372 valence electrons. The smallest absolute Gasteiger partial charge is 0.306 e. The van der Waals surface area contributed by atoms with E-state index in [-0.39, 0.29) is 38.0 Å². The third-order valence-corrected chi connectivity index (χ3v) is 10.1. The Hall–Kier alpha value is -4.97. The molecule has 1 unspecified atom stereocenters. The Bertz CT molecular complexity index is 1570. The molecule has 0 aliphatic carbocycles. The van der Waals surface area contributed by atoms with Crippen LogP contribution in [0, 0.1) is 0 Å². The predicted molar refractivity (Wildman–Crippen MR) is 288 cm³/mol. The van der Waals surface area contributed by atoms with E-state index in [2.05, 4.69) is 142 Å². The molecule has 0 aromatic heterocycles. The number of carbonyl (C=O) groups is 3. The van der Waals surface area contributed by atoms with Crippen LogP contribution in [-0.2, 0) is 28.6 Å². The molecule has 0 amide bonds. The van der Waals surface area contributed by atoms with Crippen molar-refractivity contribution in [2.75, 3.05) is 13.2 Å². The SMILES string of the molecule is CC\C=C/C=C\C=C/C=C\CCCCCC(=O)OCC(COC(=O)CCCCC/C=C\C/C=C\C/C=C\C/C=C\C/C=C\CC)OC(=O)CCC/C=C\C/C=C\C/C=C\C/C=C\CCCCC. The van der Waals surface area contributed by atoms with E-state index >= 15 is 0 Å². The average molecular weight is 921 g/mol. The minimum Gasteiger partial charge on any atom is -0.462 e. The summed E-state index contributed by atoms with van der Waals surface area (Å²) in [5, 5.41) is 0. The van der Waals surface area contributed by atoms with Gasteiger partial charge in [0.2, 0.25) is 0 Å². The molecule has 0 radical (unpaired) electrons. The Labute approximate surface area is 409 Å². The lowest BCUT2D eigenvalue weighted by atomic mass is 10.1. The molecular formula is C61H92O6. The van der Waals surface area contributed by atoms with Crippen molar-refractivity contribution < 1.29 is 28.6 Å². The Kier molecular flexibility index (Phi) is 49.7. The van der Waals surface area contributed by atoms with Gasteiger partial charge in [0.15, 0.2) is 6.10 Å². The van der Waals surface area contributed by atoms with Gasteiger partial charge in [-0.1, -0.05) is 204 Å². The largest absolute Gasteiger partial charge is 0.462 e. The van der Waals surface area contributed by atoms with Crippen LogP contribution in [0.25, 0.3) is 0 Å². The van der Waals surface area contributed by atoms with Crippen LogP contribution in [0.5, 0.6) is 0 Å². The predicted octanol–water partition coefficient (Wildman–Crippen LogP) is 17.4. The van der Waals surface area contributed by atoms with Gasteiger partial charge in [-0.2, -0.15) is 0 Å². The van der Waals surface area contributed by atoms with Crippen molar-refractivity contribution in [1.29, 1.82) is 0 Å². The molecule has 0 aromatic rings. The lowest BCUT2D eigenvalue weighted by molar-refractivity contribution is -0.167. The molecule has 0 fully saturated rings. The Morgan fingerprint density at radius 2 is 0.672 bits per heavy atom. The zero-order valence-corrected chi connectivity index (χ0v) is 42.3. The monoisotopic (exact) mass is 921 g/mol. The second kappa shape index (κ2) is 53.6. The zero-order chi connectivity index (χ0) is 48.6. The van der Waals surface area contributed by atoms with Gasteiger partial charge in [-0.05, 0) is 122 Å². The number of hydrogen-bond acceptors (Lipinski definition) is 6. The first-order chi connectivity index (χ1) is 33.0. The minimum atomic E-state index is -0.844. The maximum atomic E-state index is 12.8. The van der Waals surface area contributed by atoms with E-state index in [1.54, 1.807) is 0 Å². The maximum Gasteiger partial charge on any atom is 0.306 e. The topological polar surface area (TPSA) is 78.9 Å². The van der Waals surface area contributed by atoms with Gasteiger partial charge in [0.1, 0.15) is 13.2 Å². The lowest BCUT2D eigenvalue weighted by Gasteiger charge is -2.18. The number of hydrogen-bond donors (Lipinski definition) is 0. The molecule has 6 heteroatoms. The van der Waals surface area contributed by atoms with E-state index in [1.807, 2.05) is 36.5 Å². The number of allylic oxidation sites excluding steroid dienone is 26. The van der Waals surface area contributed by atoms with E-state index in [0.29, 0.717) is 19.3 Å². The second-order valence-electron chi connectivity index (χ2n) is 16.4. The number of ether oxygens (including phenoxy) is 3. The van der Waals surface area contributed by atoms with Crippen LogP contribution in [0.1, 0.15) is 188 Å². The number of carbonyl (C=O) groups excluding carboxylic acids is 3. The van der Waals surface area contributed by atoms with Gasteiger partial charge in [-0.15, -0.1) is 0 Å². The fraction of sp³-hybridized carbons (Fsp3) is 0.525. The second-order valence-corrected chi connectivity index (χ2v) is 16.4. The zero-order valence-electron chi connectivity index (χ0n) is 42.3. The average Bonchev–Trinajstić information content (AvgIpc) is 3.33. The van der Waals surface area contributed by atoms with E-state index < -0.39 is 12.1 Å². The normalized spacial score (nSPS) is 13.4. The van der Waals surface area contributed by atoms with Gasteiger partial charge in [0, 0.05) is 19.3 Å². The van der Waals surface area contributed by atoms with Gasteiger partial charge in [-0.25, -0.2) is 0 Å². The first kappa shape index (κ1) is 62.0. The Morgan fingerprint density at radius 3 is 1.10 bits per heavy atom.